The number of benzene rings is 6. The first kappa shape index (κ1) is 46.8. The molecule has 0 fully saturated rings. The molecule has 0 heterocycles. The standard InChI is InChI=1S/C56H64F2O5/c1-7-9-17-35-59-45-29-25-43(26-30-45)55(3,4)53(39-41-23-33-49(57)51(37-41)61-47-19-13-11-14-20-47)63-54(56(5,6)44-27-31-46(32-28-44)60-36-18-10-8-2)40-42-24-34-50(58)52(38-42)62-48-21-15-12-16-22-48/h11-16,19-34,37-38,53-54H,7-10,17-18,35-36,39-40H2,1-6H3. The van der Waals surface area contributed by atoms with Gasteiger partial charge in [-0.15, -0.1) is 0 Å². The van der Waals surface area contributed by atoms with Gasteiger partial charge in [0.25, 0.3) is 0 Å². The van der Waals surface area contributed by atoms with Crippen LogP contribution in [0, 0.1) is 11.6 Å². The van der Waals surface area contributed by atoms with Gasteiger partial charge in [0.1, 0.15) is 23.0 Å². The van der Waals surface area contributed by atoms with Crippen LogP contribution in [0.2, 0.25) is 0 Å². The summed E-state index contributed by atoms with van der Waals surface area (Å²) in [5.41, 5.74) is 2.72. The quantitative estimate of drug-likeness (QED) is 0.0568. The van der Waals surface area contributed by atoms with Gasteiger partial charge in [0.05, 0.1) is 25.4 Å². The third-order valence-electron chi connectivity index (χ3n) is 11.9. The molecule has 0 spiro atoms. The van der Waals surface area contributed by atoms with Gasteiger partial charge in [-0.1, -0.05) is 140 Å². The van der Waals surface area contributed by atoms with Crippen molar-refractivity contribution in [2.75, 3.05) is 13.2 Å². The third kappa shape index (κ3) is 13.2. The number of halogens is 2. The van der Waals surface area contributed by atoms with E-state index in [1.807, 2.05) is 84.9 Å². The van der Waals surface area contributed by atoms with E-state index in [1.165, 1.54) is 12.1 Å². The molecule has 0 saturated carbocycles. The van der Waals surface area contributed by atoms with Gasteiger partial charge in [0.15, 0.2) is 23.1 Å². The van der Waals surface area contributed by atoms with E-state index in [9.17, 15) is 0 Å². The monoisotopic (exact) mass is 854 g/mol. The Morgan fingerprint density at radius 3 is 1.19 bits per heavy atom. The summed E-state index contributed by atoms with van der Waals surface area (Å²) in [7, 11) is 0. The molecule has 0 saturated heterocycles. The molecule has 0 aliphatic heterocycles. The fourth-order valence-corrected chi connectivity index (χ4v) is 7.73. The maximum absolute atomic E-state index is 15.4. The Morgan fingerprint density at radius 2 is 0.825 bits per heavy atom. The van der Waals surface area contributed by atoms with Gasteiger partial charge in [-0.25, -0.2) is 8.78 Å². The molecule has 63 heavy (non-hydrogen) atoms. The van der Waals surface area contributed by atoms with Crippen LogP contribution in [0.25, 0.3) is 0 Å². The molecule has 6 rings (SSSR count). The SMILES string of the molecule is CCCCCOc1ccc(C(C)(C)C(Cc2ccc(F)c(Oc3ccccc3)c2)OC(Cc2ccc(F)c(Oc3ccccc3)c2)C(C)(C)c2ccc(OCCCCC)cc2)cc1. The minimum absolute atomic E-state index is 0.144. The molecule has 0 radical (unpaired) electrons. The smallest absolute Gasteiger partial charge is 0.165 e. The lowest BCUT2D eigenvalue weighted by Crippen LogP contribution is -2.46. The molecular weight excluding hydrogens is 791 g/mol. The normalized spacial score (nSPS) is 12.7. The molecule has 2 atom stereocenters. The van der Waals surface area contributed by atoms with Crippen LogP contribution in [0.4, 0.5) is 8.78 Å². The zero-order valence-corrected chi connectivity index (χ0v) is 37.9. The second-order valence-electron chi connectivity index (χ2n) is 17.5. The molecule has 332 valence electrons. The number of hydrogen-bond acceptors (Lipinski definition) is 5. The summed E-state index contributed by atoms with van der Waals surface area (Å²) in [6.07, 6.45) is 6.54. The Morgan fingerprint density at radius 1 is 0.444 bits per heavy atom. The average molecular weight is 855 g/mol. The van der Waals surface area contributed by atoms with E-state index < -0.39 is 34.7 Å². The van der Waals surface area contributed by atoms with Gasteiger partial charge < -0.3 is 23.7 Å². The van der Waals surface area contributed by atoms with Gasteiger partial charge in [-0.05, 0) is 121 Å². The van der Waals surface area contributed by atoms with E-state index in [0.29, 0.717) is 37.6 Å². The van der Waals surface area contributed by atoms with Crippen LogP contribution >= 0.6 is 0 Å². The van der Waals surface area contributed by atoms with Crippen LogP contribution in [0.5, 0.6) is 34.5 Å². The molecule has 0 N–H and O–H groups in total. The minimum Gasteiger partial charge on any atom is -0.494 e. The lowest BCUT2D eigenvalue weighted by molar-refractivity contribution is -0.0753. The van der Waals surface area contributed by atoms with E-state index in [0.717, 1.165) is 72.3 Å². The van der Waals surface area contributed by atoms with Crippen molar-refractivity contribution in [3.8, 4) is 34.5 Å². The van der Waals surface area contributed by atoms with Gasteiger partial charge in [-0.2, -0.15) is 0 Å². The Labute approximate surface area is 374 Å². The van der Waals surface area contributed by atoms with Gasteiger partial charge >= 0.3 is 0 Å². The average Bonchev–Trinajstić information content (AvgIpc) is 3.29. The van der Waals surface area contributed by atoms with Crippen LogP contribution in [0.3, 0.4) is 0 Å². The number of ether oxygens (including phenoxy) is 5. The van der Waals surface area contributed by atoms with Crippen molar-refractivity contribution >= 4 is 0 Å². The number of para-hydroxylation sites is 2. The van der Waals surface area contributed by atoms with Crippen molar-refractivity contribution in [2.24, 2.45) is 0 Å². The number of unbranched alkanes of at least 4 members (excludes halogenated alkanes) is 4. The van der Waals surface area contributed by atoms with Gasteiger partial charge in [-0.3, -0.25) is 0 Å². The highest BCUT2D eigenvalue weighted by atomic mass is 19.1. The Balaban J connectivity index is 1.38. The van der Waals surface area contributed by atoms with Crippen LogP contribution in [0.1, 0.15) is 102 Å². The van der Waals surface area contributed by atoms with E-state index in [1.54, 1.807) is 24.3 Å². The summed E-state index contributed by atoms with van der Waals surface area (Å²) in [5, 5.41) is 0. The molecular formula is C56H64F2O5. The zero-order valence-electron chi connectivity index (χ0n) is 37.9. The van der Waals surface area contributed by atoms with Crippen molar-refractivity contribution in [3.63, 3.8) is 0 Å². The second-order valence-corrected chi connectivity index (χ2v) is 17.5. The van der Waals surface area contributed by atoms with Crippen LogP contribution < -0.4 is 18.9 Å². The molecule has 7 heteroatoms. The van der Waals surface area contributed by atoms with Gasteiger partial charge in [0, 0.05) is 10.8 Å². The number of hydrogen-bond donors (Lipinski definition) is 0. The highest BCUT2D eigenvalue weighted by Gasteiger charge is 2.40. The summed E-state index contributed by atoms with van der Waals surface area (Å²) < 4.78 is 62.7. The van der Waals surface area contributed by atoms with Crippen LogP contribution in [-0.2, 0) is 28.4 Å². The highest BCUT2D eigenvalue weighted by Crippen LogP contribution is 2.40. The molecule has 0 amide bonds. The predicted octanol–water partition coefficient (Wildman–Crippen LogP) is 15.2. The lowest BCUT2D eigenvalue weighted by atomic mass is 9.74. The molecule has 6 aromatic carbocycles. The largest absolute Gasteiger partial charge is 0.494 e. The molecule has 0 aliphatic rings. The van der Waals surface area contributed by atoms with Crippen molar-refractivity contribution < 1.29 is 32.5 Å². The van der Waals surface area contributed by atoms with E-state index in [-0.39, 0.29) is 11.5 Å². The van der Waals surface area contributed by atoms with E-state index in [4.69, 9.17) is 23.7 Å². The number of rotatable bonds is 24. The molecule has 5 nitrogen and oxygen atoms in total. The summed E-state index contributed by atoms with van der Waals surface area (Å²) in [6.45, 7) is 14.5. The summed E-state index contributed by atoms with van der Waals surface area (Å²) in [6, 6.07) is 45.1. The first-order valence-electron chi connectivity index (χ1n) is 22.6. The maximum atomic E-state index is 15.4. The Kier molecular flexibility index (Phi) is 16.8. The maximum Gasteiger partial charge on any atom is 0.165 e. The summed E-state index contributed by atoms with van der Waals surface area (Å²) in [4.78, 5) is 0. The first-order chi connectivity index (χ1) is 30.5. The summed E-state index contributed by atoms with van der Waals surface area (Å²) in [5.74, 6) is 2.14. The van der Waals surface area contributed by atoms with E-state index in [2.05, 4.69) is 65.8 Å². The fourth-order valence-electron chi connectivity index (χ4n) is 7.73. The zero-order chi connectivity index (χ0) is 44.7. The molecule has 0 bridgehead atoms. The van der Waals surface area contributed by atoms with Crippen molar-refractivity contribution in [2.45, 2.75) is 116 Å². The minimum atomic E-state index is -0.565. The second kappa shape index (κ2) is 22.6. The first-order valence-corrected chi connectivity index (χ1v) is 22.6. The Hall–Kier alpha value is -5.66. The molecule has 6 aromatic rings. The summed E-state index contributed by atoms with van der Waals surface area (Å²) >= 11 is 0. The van der Waals surface area contributed by atoms with E-state index >= 15 is 8.78 Å². The van der Waals surface area contributed by atoms with Crippen molar-refractivity contribution in [3.05, 3.63) is 179 Å². The van der Waals surface area contributed by atoms with Crippen molar-refractivity contribution in [1.29, 1.82) is 0 Å². The molecule has 2 unspecified atom stereocenters. The Bertz CT molecular complexity index is 2110. The molecule has 0 aromatic heterocycles. The highest BCUT2D eigenvalue weighted by molar-refractivity contribution is 5.40. The lowest BCUT2D eigenvalue weighted by Gasteiger charge is -2.43. The van der Waals surface area contributed by atoms with Crippen molar-refractivity contribution in [1.82, 2.24) is 0 Å². The van der Waals surface area contributed by atoms with Crippen LogP contribution in [0.15, 0.2) is 146 Å². The topological polar surface area (TPSA) is 46.2 Å². The fraction of sp³-hybridized carbons (Fsp3) is 0.357. The third-order valence-corrected chi connectivity index (χ3v) is 11.9. The van der Waals surface area contributed by atoms with Crippen LogP contribution in [-0.4, -0.2) is 25.4 Å². The predicted molar refractivity (Wildman–Crippen MR) is 251 cm³/mol. The van der Waals surface area contributed by atoms with Gasteiger partial charge in [0.2, 0.25) is 0 Å². The molecule has 0 aliphatic carbocycles.